The molecule has 1 unspecified atom stereocenters. The Morgan fingerprint density at radius 3 is 3.06 bits per heavy atom. The Balaban J connectivity index is 1.93. The van der Waals surface area contributed by atoms with Crippen molar-refractivity contribution in [3.05, 3.63) is 0 Å². The molecule has 1 aliphatic heterocycles. The zero-order valence-corrected chi connectivity index (χ0v) is 11.5. The summed E-state index contributed by atoms with van der Waals surface area (Å²) in [5.41, 5.74) is 0. The van der Waals surface area contributed by atoms with Crippen LogP contribution >= 0.6 is 12.2 Å². The van der Waals surface area contributed by atoms with Gasteiger partial charge in [-0.1, -0.05) is 0 Å². The van der Waals surface area contributed by atoms with Gasteiger partial charge in [-0.3, -0.25) is 0 Å². The molecule has 0 bridgehead atoms. The number of hydrogen-bond acceptors (Lipinski definition) is 3. The van der Waals surface area contributed by atoms with Crippen molar-refractivity contribution < 1.29 is 9.47 Å². The largest absolute Gasteiger partial charge is 0.382 e. The van der Waals surface area contributed by atoms with Crippen LogP contribution in [-0.2, 0) is 9.47 Å². The van der Waals surface area contributed by atoms with Crippen LogP contribution < -0.4 is 10.6 Å². The van der Waals surface area contributed by atoms with Gasteiger partial charge in [0, 0.05) is 32.9 Å². The van der Waals surface area contributed by atoms with E-state index in [2.05, 4.69) is 10.6 Å². The van der Waals surface area contributed by atoms with Crippen LogP contribution in [0, 0.1) is 5.92 Å². The molecule has 0 aliphatic carbocycles. The first-order chi connectivity index (χ1) is 8.33. The molecule has 0 amide bonds. The van der Waals surface area contributed by atoms with E-state index < -0.39 is 0 Å². The summed E-state index contributed by atoms with van der Waals surface area (Å²) in [6, 6.07) is 0. The van der Waals surface area contributed by atoms with Crippen molar-refractivity contribution in [2.24, 2.45) is 5.92 Å². The fourth-order valence-electron chi connectivity index (χ4n) is 1.79. The van der Waals surface area contributed by atoms with Crippen LogP contribution in [0.25, 0.3) is 0 Å². The maximum atomic E-state index is 5.42. The number of nitrogens with one attached hydrogen (secondary N) is 2. The van der Waals surface area contributed by atoms with Crippen molar-refractivity contribution in [3.63, 3.8) is 0 Å². The summed E-state index contributed by atoms with van der Waals surface area (Å²) in [5.74, 6) is 0.604. The zero-order valence-electron chi connectivity index (χ0n) is 10.7. The minimum Gasteiger partial charge on any atom is -0.382 e. The van der Waals surface area contributed by atoms with Crippen molar-refractivity contribution in [1.82, 2.24) is 10.6 Å². The number of rotatable bonds is 7. The highest BCUT2D eigenvalue weighted by atomic mass is 32.1. The third-order valence-corrected chi connectivity index (χ3v) is 3.05. The zero-order chi connectivity index (χ0) is 12.3. The Kier molecular flexibility index (Phi) is 8.30. The van der Waals surface area contributed by atoms with Crippen LogP contribution in [0.5, 0.6) is 0 Å². The summed E-state index contributed by atoms with van der Waals surface area (Å²) >= 11 is 5.20. The summed E-state index contributed by atoms with van der Waals surface area (Å²) in [4.78, 5) is 0. The van der Waals surface area contributed by atoms with Gasteiger partial charge in [0.05, 0.1) is 6.61 Å². The highest BCUT2D eigenvalue weighted by molar-refractivity contribution is 7.80. The van der Waals surface area contributed by atoms with E-state index in [9.17, 15) is 0 Å². The molecule has 0 aromatic heterocycles. The molecule has 1 saturated heterocycles. The van der Waals surface area contributed by atoms with Gasteiger partial charge < -0.3 is 20.1 Å². The van der Waals surface area contributed by atoms with E-state index in [1.165, 1.54) is 12.8 Å². The molecule has 5 heteroatoms. The lowest BCUT2D eigenvalue weighted by atomic mass is 10.0. The predicted molar refractivity (Wildman–Crippen MR) is 73.3 cm³/mol. The van der Waals surface area contributed by atoms with Crippen LogP contribution in [0.1, 0.15) is 26.2 Å². The van der Waals surface area contributed by atoms with Crippen molar-refractivity contribution in [2.45, 2.75) is 26.2 Å². The fourth-order valence-corrected chi connectivity index (χ4v) is 1.97. The Hall–Kier alpha value is -0.390. The Morgan fingerprint density at radius 2 is 2.35 bits per heavy atom. The monoisotopic (exact) mass is 260 g/mol. The van der Waals surface area contributed by atoms with Crippen LogP contribution in [0.3, 0.4) is 0 Å². The van der Waals surface area contributed by atoms with Gasteiger partial charge in [-0.25, -0.2) is 0 Å². The highest BCUT2D eigenvalue weighted by Crippen LogP contribution is 2.11. The van der Waals surface area contributed by atoms with Gasteiger partial charge in [-0.05, 0) is 44.3 Å². The molecule has 2 N–H and O–H groups in total. The lowest BCUT2D eigenvalue weighted by molar-refractivity contribution is 0.0565. The van der Waals surface area contributed by atoms with Crippen molar-refractivity contribution in [3.8, 4) is 0 Å². The normalized spacial score (nSPS) is 19.9. The van der Waals surface area contributed by atoms with Gasteiger partial charge in [-0.15, -0.1) is 0 Å². The highest BCUT2D eigenvalue weighted by Gasteiger charge is 2.13. The second kappa shape index (κ2) is 9.62. The summed E-state index contributed by atoms with van der Waals surface area (Å²) in [5, 5.41) is 7.17. The van der Waals surface area contributed by atoms with E-state index in [1.54, 1.807) is 0 Å². The van der Waals surface area contributed by atoms with E-state index in [0.29, 0.717) is 5.92 Å². The number of hydrogen-bond donors (Lipinski definition) is 2. The third kappa shape index (κ3) is 7.52. The van der Waals surface area contributed by atoms with Crippen LogP contribution in [0.4, 0.5) is 0 Å². The molecule has 1 fully saturated rings. The van der Waals surface area contributed by atoms with Crippen molar-refractivity contribution in [1.29, 1.82) is 0 Å². The van der Waals surface area contributed by atoms with E-state index >= 15 is 0 Å². The lowest BCUT2D eigenvalue weighted by Gasteiger charge is -2.23. The molecular weight excluding hydrogens is 236 g/mol. The van der Waals surface area contributed by atoms with E-state index in [0.717, 1.165) is 51.1 Å². The molecule has 4 nitrogen and oxygen atoms in total. The van der Waals surface area contributed by atoms with Crippen LogP contribution in [0.2, 0.25) is 0 Å². The Bertz CT molecular complexity index is 209. The first kappa shape index (κ1) is 14.7. The second-order valence-electron chi connectivity index (χ2n) is 4.27. The maximum absolute atomic E-state index is 5.42. The predicted octanol–water partition coefficient (Wildman–Crippen LogP) is 1.30. The van der Waals surface area contributed by atoms with Crippen molar-refractivity contribution >= 4 is 17.3 Å². The summed E-state index contributed by atoms with van der Waals surface area (Å²) in [7, 11) is 0. The SMILES string of the molecule is CCOCCCNC(=S)NCC1CCCOC1. The molecule has 1 heterocycles. The average Bonchev–Trinajstić information content (AvgIpc) is 2.37. The average molecular weight is 260 g/mol. The molecular formula is C12H24N2O2S. The maximum Gasteiger partial charge on any atom is 0.166 e. The fraction of sp³-hybridized carbons (Fsp3) is 0.917. The summed E-state index contributed by atoms with van der Waals surface area (Å²) in [6.45, 7) is 7.14. The Morgan fingerprint density at radius 1 is 1.47 bits per heavy atom. The first-order valence-corrected chi connectivity index (χ1v) is 6.91. The van der Waals surface area contributed by atoms with Crippen LogP contribution in [-0.4, -0.2) is 44.6 Å². The second-order valence-corrected chi connectivity index (χ2v) is 4.68. The number of ether oxygens (including phenoxy) is 2. The van der Waals surface area contributed by atoms with Crippen molar-refractivity contribution in [2.75, 3.05) is 39.5 Å². The molecule has 0 radical (unpaired) electrons. The molecule has 17 heavy (non-hydrogen) atoms. The molecule has 100 valence electrons. The molecule has 1 rings (SSSR count). The smallest absolute Gasteiger partial charge is 0.166 e. The van der Waals surface area contributed by atoms with E-state index in [4.69, 9.17) is 21.7 Å². The molecule has 0 saturated carbocycles. The molecule has 0 aromatic rings. The molecule has 0 spiro atoms. The minimum atomic E-state index is 0.604. The molecule has 0 aromatic carbocycles. The summed E-state index contributed by atoms with van der Waals surface area (Å²) in [6.07, 6.45) is 3.39. The summed E-state index contributed by atoms with van der Waals surface area (Å²) < 4.78 is 10.7. The lowest BCUT2D eigenvalue weighted by Crippen LogP contribution is -2.40. The molecule has 1 atom stereocenters. The standard InChI is InChI=1S/C12H24N2O2S/c1-2-15-8-4-6-13-12(17)14-9-11-5-3-7-16-10-11/h11H,2-10H2,1H3,(H2,13,14,17). The van der Waals surface area contributed by atoms with Crippen LogP contribution in [0.15, 0.2) is 0 Å². The van der Waals surface area contributed by atoms with Gasteiger partial charge in [0.15, 0.2) is 5.11 Å². The quantitative estimate of drug-likeness (QED) is 0.533. The van der Waals surface area contributed by atoms with Gasteiger partial charge in [0.1, 0.15) is 0 Å². The topological polar surface area (TPSA) is 42.5 Å². The third-order valence-electron chi connectivity index (χ3n) is 2.76. The van der Waals surface area contributed by atoms with E-state index in [-0.39, 0.29) is 0 Å². The minimum absolute atomic E-state index is 0.604. The molecule has 1 aliphatic rings. The first-order valence-electron chi connectivity index (χ1n) is 6.50. The van der Waals surface area contributed by atoms with Gasteiger partial charge in [-0.2, -0.15) is 0 Å². The Labute approximate surface area is 109 Å². The number of thiocarbonyl (C=S) groups is 1. The van der Waals surface area contributed by atoms with Gasteiger partial charge in [0.2, 0.25) is 0 Å². The van der Waals surface area contributed by atoms with E-state index in [1.807, 2.05) is 6.92 Å². The van der Waals surface area contributed by atoms with Gasteiger partial charge in [0.25, 0.3) is 0 Å². The van der Waals surface area contributed by atoms with Gasteiger partial charge >= 0.3 is 0 Å².